The number of hydrogen-bond donors (Lipinski definition) is 0. The normalized spacial score (nSPS) is 11.7. The number of esters is 1. The third-order valence-electron chi connectivity index (χ3n) is 2.48. The van der Waals surface area contributed by atoms with E-state index in [0.29, 0.717) is 12.4 Å². The number of methoxy groups -OCH3 is 1. The first-order valence-corrected chi connectivity index (χ1v) is 5.35. The molecule has 0 saturated carbocycles. The van der Waals surface area contributed by atoms with Crippen molar-refractivity contribution in [1.82, 2.24) is 4.98 Å². The first kappa shape index (κ1) is 13.9. The number of carbonyl (C=O) groups is 1. The Balaban J connectivity index is 2.78. The maximum Gasteiger partial charge on any atom is 0.310 e. The minimum absolute atomic E-state index is 0.0300. The number of carbonyl (C=O) groups excluding carboxylic acids is 1. The highest BCUT2D eigenvalue weighted by Gasteiger charge is 2.17. The van der Waals surface area contributed by atoms with Crippen LogP contribution < -0.4 is 4.90 Å². The van der Waals surface area contributed by atoms with Crippen LogP contribution in [0.25, 0.3) is 0 Å². The number of pyridine rings is 1. The molecule has 18 heavy (non-hydrogen) atoms. The first-order valence-electron chi connectivity index (χ1n) is 5.35. The molecule has 1 unspecified atom stereocenters. The van der Waals surface area contributed by atoms with Crippen LogP contribution in [0, 0.1) is 16.0 Å². The summed E-state index contributed by atoms with van der Waals surface area (Å²) in [5.74, 6) is -0.215. The van der Waals surface area contributed by atoms with Gasteiger partial charge in [0.15, 0.2) is 0 Å². The van der Waals surface area contributed by atoms with E-state index < -0.39 is 4.92 Å². The van der Waals surface area contributed by atoms with Gasteiger partial charge >= 0.3 is 5.97 Å². The van der Waals surface area contributed by atoms with Gasteiger partial charge in [0, 0.05) is 25.9 Å². The Hall–Kier alpha value is -2.18. The second-order valence-corrected chi connectivity index (χ2v) is 3.93. The molecule has 0 aliphatic rings. The van der Waals surface area contributed by atoms with E-state index in [2.05, 4.69) is 9.72 Å². The molecule has 0 spiro atoms. The Morgan fingerprint density at radius 1 is 1.67 bits per heavy atom. The van der Waals surface area contributed by atoms with E-state index in [4.69, 9.17) is 0 Å². The summed E-state index contributed by atoms with van der Waals surface area (Å²) in [6.07, 6.45) is 1.37. The maximum absolute atomic E-state index is 11.3. The Labute approximate surface area is 105 Å². The van der Waals surface area contributed by atoms with Crippen LogP contribution in [-0.2, 0) is 9.53 Å². The summed E-state index contributed by atoms with van der Waals surface area (Å²) < 4.78 is 4.62. The Kier molecular flexibility index (Phi) is 4.59. The maximum atomic E-state index is 11.3. The predicted octanol–water partition coefficient (Wildman–Crippen LogP) is 1.24. The summed E-state index contributed by atoms with van der Waals surface area (Å²) in [7, 11) is 3.04. The average molecular weight is 253 g/mol. The molecule has 0 N–H and O–H groups in total. The highest BCUT2D eigenvalue weighted by molar-refractivity contribution is 5.72. The van der Waals surface area contributed by atoms with Crippen LogP contribution in [0.2, 0.25) is 0 Å². The molecule has 0 radical (unpaired) electrons. The molecule has 7 heteroatoms. The van der Waals surface area contributed by atoms with Gasteiger partial charge < -0.3 is 9.64 Å². The van der Waals surface area contributed by atoms with E-state index in [1.165, 1.54) is 25.4 Å². The highest BCUT2D eigenvalue weighted by Crippen LogP contribution is 2.18. The summed E-state index contributed by atoms with van der Waals surface area (Å²) in [4.78, 5) is 27.1. The van der Waals surface area contributed by atoms with Gasteiger partial charge in [-0.25, -0.2) is 4.98 Å². The van der Waals surface area contributed by atoms with Crippen LogP contribution >= 0.6 is 0 Å². The standard InChI is InChI=1S/C11H15N3O4/c1-8(11(15)18-3)7-13(2)10-6-9(14(16)17)4-5-12-10/h4-6,8H,7H2,1-3H3. The quantitative estimate of drug-likeness (QED) is 0.445. The van der Waals surface area contributed by atoms with Gasteiger partial charge in [0.2, 0.25) is 0 Å². The van der Waals surface area contributed by atoms with Crippen molar-refractivity contribution in [1.29, 1.82) is 0 Å². The third-order valence-corrected chi connectivity index (χ3v) is 2.48. The van der Waals surface area contributed by atoms with Crippen LogP contribution in [-0.4, -0.2) is 36.6 Å². The van der Waals surface area contributed by atoms with Gasteiger partial charge in [0.25, 0.3) is 5.69 Å². The van der Waals surface area contributed by atoms with E-state index in [0.717, 1.165) is 0 Å². The van der Waals surface area contributed by atoms with Crippen molar-refractivity contribution < 1.29 is 14.5 Å². The van der Waals surface area contributed by atoms with Gasteiger partial charge in [-0.1, -0.05) is 6.92 Å². The summed E-state index contributed by atoms with van der Waals surface area (Å²) in [5, 5.41) is 10.6. The number of hydrogen-bond acceptors (Lipinski definition) is 6. The van der Waals surface area contributed by atoms with Gasteiger partial charge in [-0.15, -0.1) is 0 Å². The van der Waals surface area contributed by atoms with E-state index in [9.17, 15) is 14.9 Å². The van der Waals surface area contributed by atoms with E-state index in [1.54, 1.807) is 18.9 Å². The lowest BCUT2D eigenvalue weighted by Gasteiger charge is -2.20. The molecule has 0 saturated heterocycles. The smallest absolute Gasteiger partial charge is 0.310 e. The fourth-order valence-corrected chi connectivity index (χ4v) is 1.51. The van der Waals surface area contributed by atoms with Crippen LogP contribution in [0.4, 0.5) is 11.5 Å². The highest BCUT2D eigenvalue weighted by atomic mass is 16.6. The fraction of sp³-hybridized carbons (Fsp3) is 0.455. The summed E-state index contributed by atoms with van der Waals surface area (Å²) in [5.41, 5.74) is -0.0300. The molecular weight excluding hydrogens is 238 g/mol. The number of nitro groups is 1. The molecule has 7 nitrogen and oxygen atoms in total. The predicted molar refractivity (Wildman–Crippen MR) is 65.3 cm³/mol. The van der Waals surface area contributed by atoms with Gasteiger partial charge in [-0.2, -0.15) is 0 Å². The van der Waals surface area contributed by atoms with E-state index >= 15 is 0 Å². The van der Waals surface area contributed by atoms with E-state index in [-0.39, 0.29) is 17.6 Å². The molecule has 1 aromatic heterocycles. The molecule has 0 aliphatic heterocycles. The molecule has 1 atom stereocenters. The van der Waals surface area contributed by atoms with Gasteiger partial charge in [-0.05, 0) is 0 Å². The largest absolute Gasteiger partial charge is 0.469 e. The molecular formula is C11H15N3O4. The average Bonchev–Trinajstić information content (AvgIpc) is 2.37. The molecule has 1 heterocycles. The van der Waals surface area contributed by atoms with Crippen LogP contribution in [0.15, 0.2) is 18.3 Å². The summed E-state index contributed by atoms with van der Waals surface area (Å²) in [6.45, 7) is 2.10. The van der Waals surface area contributed by atoms with E-state index in [1.807, 2.05) is 0 Å². The van der Waals surface area contributed by atoms with Crippen molar-refractivity contribution in [3.63, 3.8) is 0 Å². The molecule has 0 amide bonds. The van der Waals surface area contributed by atoms with Crippen molar-refractivity contribution in [3.05, 3.63) is 28.4 Å². The minimum atomic E-state index is -0.483. The van der Waals surface area contributed by atoms with Crippen molar-refractivity contribution in [2.24, 2.45) is 5.92 Å². The first-order chi connectivity index (χ1) is 8.45. The Bertz CT molecular complexity index is 450. The van der Waals surface area contributed by atoms with Crippen LogP contribution in [0.5, 0.6) is 0 Å². The van der Waals surface area contributed by atoms with Crippen molar-refractivity contribution in [2.45, 2.75) is 6.92 Å². The third kappa shape index (κ3) is 3.41. The number of rotatable bonds is 5. The zero-order chi connectivity index (χ0) is 13.7. The Morgan fingerprint density at radius 2 is 2.33 bits per heavy atom. The number of aromatic nitrogens is 1. The van der Waals surface area contributed by atoms with Gasteiger partial charge in [0.1, 0.15) is 5.82 Å². The van der Waals surface area contributed by atoms with Crippen molar-refractivity contribution in [3.8, 4) is 0 Å². The monoisotopic (exact) mass is 253 g/mol. The molecule has 0 aliphatic carbocycles. The molecule has 0 fully saturated rings. The second-order valence-electron chi connectivity index (χ2n) is 3.93. The Morgan fingerprint density at radius 3 is 2.89 bits per heavy atom. The number of ether oxygens (including phenoxy) is 1. The number of anilines is 1. The van der Waals surface area contributed by atoms with Crippen molar-refractivity contribution >= 4 is 17.5 Å². The van der Waals surface area contributed by atoms with Crippen molar-refractivity contribution in [2.75, 3.05) is 25.6 Å². The molecule has 98 valence electrons. The molecule has 0 aromatic carbocycles. The fourth-order valence-electron chi connectivity index (χ4n) is 1.51. The lowest BCUT2D eigenvalue weighted by molar-refractivity contribution is -0.384. The van der Waals surface area contributed by atoms with Crippen LogP contribution in [0.1, 0.15) is 6.92 Å². The number of nitrogens with zero attached hydrogens (tertiary/aromatic N) is 3. The molecule has 1 aromatic rings. The zero-order valence-electron chi connectivity index (χ0n) is 10.5. The summed E-state index contributed by atoms with van der Waals surface area (Å²) >= 11 is 0. The topological polar surface area (TPSA) is 85.6 Å². The lowest BCUT2D eigenvalue weighted by Crippen LogP contribution is -2.29. The zero-order valence-corrected chi connectivity index (χ0v) is 10.5. The van der Waals surface area contributed by atoms with Gasteiger partial charge in [0.05, 0.1) is 24.0 Å². The lowest BCUT2D eigenvalue weighted by atomic mass is 10.2. The van der Waals surface area contributed by atoms with Crippen LogP contribution in [0.3, 0.4) is 0 Å². The SMILES string of the molecule is COC(=O)C(C)CN(C)c1cc([N+](=O)[O-])ccn1. The molecule has 1 rings (SSSR count). The second kappa shape index (κ2) is 5.95. The van der Waals surface area contributed by atoms with Gasteiger partial charge in [-0.3, -0.25) is 14.9 Å². The summed E-state index contributed by atoms with van der Waals surface area (Å²) in [6, 6.07) is 2.69. The molecule has 0 bridgehead atoms. The minimum Gasteiger partial charge on any atom is -0.469 e.